The van der Waals surface area contributed by atoms with Crippen LogP contribution in [0.2, 0.25) is 0 Å². The number of benzene rings is 1. The molecule has 0 bridgehead atoms. The van der Waals surface area contributed by atoms with Gasteiger partial charge in [-0.3, -0.25) is 0 Å². The molecule has 0 amide bonds. The Kier molecular flexibility index (Phi) is 3.62. The Hall–Kier alpha value is -0.683. The van der Waals surface area contributed by atoms with Gasteiger partial charge in [-0.1, -0.05) is 37.3 Å². The van der Waals surface area contributed by atoms with Gasteiger partial charge in [-0.2, -0.15) is 0 Å². The molecule has 0 saturated carbocycles. The lowest BCUT2D eigenvalue weighted by atomic mass is 10.4. The molecule has 3 nitrogen and oxygen atoms in total. The number of rotatable bonds is 4. The summed E-state index contributed by atoms with van der Waals surface area (Å²) in [5.74, 6) is 0. The van der Waals surface area contributed by atoms with E-state index in [4.69, 9.17) is 4.43 Å². The summed E-state index contributed by atoms with van der Waals surface area (Å²) in [6.45, 7) is 2.31. The van der Waals surface area contributed by atoms with E-state index in [0.717, 1.165) is 6.42 Å². The van der Waals surface area contributed by atoms with Crippen molar-refractivity contribution in [1.29, 1.82) is 0 Å². The lowest BCUT2D eigenvalue weighted by Crippen LogP contribution is -2.51. The van der Waals surface area contributed by atoms with E-state index < -0.39 is 8.80 Å². The van der Waals surface area contributed by atoms with E-state index in [2.05, 4.69) is 0 Å². The molecular weight excluding hydrogens is 184 g/mol. The molecule has 0 aliphatic carbocycles. The Morgan fingerprint density at radius 2 is 1.85 bits per heavy atom. The zero-order chi connectivity index (χ0) is 9.73. The first-order chi connectivity index (χ1) is 6.17. The van der Waals surface area contributed by atoms with Crippen LogP contribution in [0.4, 0.5) is 0 Å². The van der Waals surface area contributed by atoms with Gasteiger partial charge in [0.05, 0.1) is 0 Å². The molecule has 0 radical (unpaired) electrons. The van der Waals surface area contributed by atoms with Gasteiger partial charge in [0, 0.05) is 11.8 Å². The van der Waals surface area contributed by atoms with Crippen molar-refractivity contribution in [2.45, 2.75) is 13.3 Å². The second kappa shape index (κ2) is 4.52. The molecule has 1 aromatic rings. The molecule has 0 aromatic heterocycles. The third-order valence-corrected chi connectivity index (χ3v) is 3.35. The molecule has 0 unspecified atom stereocenters. The van der Waals surface area contributed by atoms with E-state index in [9.17, 15) is 9.59 Å². The Bertz CT molecular complexity index is 248. The van der Waals surface area contributed by atoms with Crippen LogP contribution >= 0.6 is 0 Å². The van der Waals surface area contributed by atoms with Gasteiger partial charge in [-0.05, 0) is 6.42 Å². The van der Waals surface area contributed by atoms with Crippen molar-refractivity contribution in [1.82, 2.24) is 0 Å². The molecule has 4 heteroatoms. The highest BCUT2D eigenvalue weighted by Crippen LogP contribution is 1.98. The molecule has 72 valence electrons. The molecule has 0 aliphatic rings. The molecule has 0 atom stereocenters. The van der Waals surface area contributed by atoms with E-state index in [1.165, 1.54) is 0 Å². The summed E-state index contributed by atoms with van der Waals surface area (Å²) < 4.78 is 5.01. The summed E-state index contributed by atoms with van der Waals surface area (Å²) >= 11 is 0. The van der Waals surface area contributed by atoms with E-state index in [1.54, 1.807) is 24.3 Å². The van der Waals surface area contributed by atoms with Crippen LogP contribution in [0.15, 0.2) is 30.3 Å². The lowest BCUT2D eigenvalue weighted by molar-refractivity contribution is 0.164. The second-order valence-corrected chi connectivity index (χ2v) is 4.91. The number of hydrogen-bond donors (Lipinski definition) is 2. The quantitative estimate of drug-likeness (QED) is 0.682. The van der Waals surface area contributed by atoms with Crippen molar-refractivity contribution in [3.8, 4) is 0 Å². The Morgan fingerprint density at radius 3 is 2.38 bits per heavy atom. The lowest BCUT2D eigenvalue weighted by Gasteiger charge is -2.17. The minimum absolute atomic E-state index is 0.383. The summed E-state index contributed by atoms with van der Waals surface area (Å²) in [5.41, 5.74) is 0. The minimum Gasteiger partial charge on any atom is -0.386 e. The van der Waals surface area contributed by atoms with Crippen LogP contribution in [-0.2, 0) is 4.43 Å². The maximum absolute atomic E-state index is 9.59. The molecule has 0 fully saturated rings. The molecule has 1 rings (SSSR count). The van der Waals surface area contributed by atoms with Crippen molar-refractivity contribution in [2.75, 3.05) is 6.61 Å². The number of hydrogen-bond acceptors (Lipinski definition) is 3. The second-order valence-electron chi connectivity index (χ2n) is 2.82. The average Bonchev–Trinajstić information content (AvgIpc) is 2.16. The van der Waals surface area contributed by atoms with Gasteiger partial charge in [-0.15, -0.1) is 0 Å². The monoisotopic (exact) mass is 198 g/mol. The maximum Gasteiger partial charge on any atom is 0.531 e. The van der Waals surface area contributed by atoms with Gasteiger partial charge in [0.1, 0.15) is 0 Å². The largest absolute Gasteiger partial charge is 0.531 e. The van der Waals surface area contributed by atoms with Crippen molar-refractivity contribution in [3.05, 3.63) is 30.3 Å². The van der Waals surface area contributed by atoms with Gasteiger partial charge in [0.2, 0.25) is 0 Å². The first-order valence-electron chi connectivity index (χ1n) is 4.31. The molecule has 0 saturated heterocycles. The summed E-state index contributed by atoms with van der Waals surface area (Å²) in [7, 11) is -3.60. The fourth-order valence-corrected chi connectivity index (χ4v) is 2.27. The zero-order valence-corrected chi connectivity index (χ0v) is 8.60. The van der Waals surface area contributed by atoms with Crippen LogP contribution in [0.25, 0.3) is 0 Å². The third kappa shape index (κ3) is 2.93. The van der Waals surface area contributed by atoms with Crippen molar-refractivity contribution < 1.29 is 14.0 Å². The third-order valence-electron chi connectivity index (χ3n) is 1.66. The first-order valence-corrected chi connectivity index (χ1v) is 6.11. The van der Waals surface area contributed by atoms with Gasteiger partial charge >= 0.3 is 8.80 Å². The van der Waals surface area contributed by atoms with Crippen LogP contribution in [-0.4, -0.2) is 25.0 Å². The Morgan fingerprint density at radius 1 is 1.23 bits per heavy atom. The molecule has 0 aliphatic heterocycles. The Balaban J connectivity index is 2.69. The minimum atomic E-state index is -3.60. The average molecular weight is 198 g/mol. The zero-order valence-electron chi connectivity index (χ0n) is 7.60. The van der Waals surface area contributed by atoms with E-state index in [0.29, 0.717) is 11.8 Å². The van der Waals surface area contributed by atoms with Crippen LogP contribution < -0.4 is 5.19 Å². The van der Waals surface area contributed by atoms with Crippen LogP contribution in [0.3, 0.4) is 0 Å². The molecule has 2 N–H and O–H groups in total. The molecular formula is C9H14O3Si. The van der Waals surface area contributed by atoms with Crippen molar-refractivity contribution in [3.63, 3.8) is 0 Å². The van der Waals surface area contributed by atoms with Crippen LogP contribution in [0, 0.1) is 0 Å². The van der Waals surface area contributed by atoms with Gasteiger partial charge in [0.25, 0.3) is 0 Å². The smallest absolute Gasteiger partial charge is 0.386 e. The standard InChI is InChI=1S/C9H14O3Si/c1-2-8-12-13(10,11)9-6-4-3-5-7-9/h3-7,10-11H,2,8H2,1H3. The highest BCUT2D eigenvalue weighted by atomic mass is 28.4. The van der Waals surface area contributed by atoms with E-state index in [1.807, 2.05) is 13.0 Å². The topological polar surface area (TPSA) is 49.7 Å². The Labute approximate surface area is 79.0 Å². The van der Waals surface area contributed by atoms with Crippen molar-refractivity contribution in [2.24, 2.45) is 0 Å². The summed E-state index contributed by atoms with van der Waals surface area (Å²) in [5, 5.41) is 0.489. The first kappa shape index (κ1) is 10.4. The summed E-state index contributed by atoms with van der Waals surface area (Å²) in [6.07, 6.45) is 0.780. The summed E-state index contributed by atoms with van der Waals surface area (Å²) in [4.78, 5) is 19.2. The van der Waals surface area contributed by atoms with Gasteiger partial charge < -0.3 is 14.0 Å². The maximum atomic E-state index is 9.59. The molecule has 1 aromatic carbocycles. The SMILES string of the molecule is CCCO[Si](O)(O)c1ccccc1. The molecule has 0 spiro atoms. The normalized spacial score (nSPS) is 11.6. The van der Waals surface area contributed by atoms with E-state index >= 15 is 0 Å². The predicted molar refractivity (Wildman–Crippen MR) is 52.5 cm³/mol. The molecule has 0 heterocycles. The van der Waals surface area contributed by atoms with Crippen LogP contribution in [0.5, 0.6) is 0 Å². The highest BCUT2D eigenvalue weighted by molar-refractivity contribution is 6.72. The molecule has 13 heavy (non-hydrogen) atoms. The van der Waals surface area contributed by atoms with E-state index in [-0.39, 0.29) is 0 Å². The fourth-order valence-electron chi connectivity index (χ4n) is 0.983. The fraction of sp³-hybridized carbons (Fsp3) is 0.333. The van der Waals surface area contributed by atoms with Gasteiger partial charge in [-0.25, -0.2) is 0 Å². The predicted octanol–water partition coefficient (Wildman–Crippen LogP) is 0.244. The van der Waals surface area contributed by atoms with Crippen LogP contribution in [0.1, 0.15) is 13.3 Å². The van der Waals surface area contributed by atoms with Gasteiger partial charge in [0.15, 0.2) is 0 Å². The highest BCUT2D eigenvalue weighted by Gasteiger charge is 2.34. The van der Waals surface area contributed by atoms with Crippen molar-refractivity contribution >= 4 is 14.0 Å². The summed E-state index contributed by atoms with van der Waals surface area (Å²) in [6, 6.07) is 8.69.